The number of aliphatic hydroxyl groups is 1. The minimum atomic E-state index is -2.86. The van der Waals surface area contributed by atoms with E-state index in [1.165, 1.54) is 23.4 Å². The first-order valence-electron chi connectivity index (χ1n) is 12.9. The summed E-state index contributed by atoms with van der Waals surface area (Å²) in [5, 5.41) is 32.0. The molecule has 0 bridgehead atoms. The zero-order valence-electron chi connectivity index (χ0n) is 24.5. The van der Waals surface area contributed by atoms with Gasteiger partial charge in [-0.1, -0.05) is 49.4 Å². The Morgan fingerprint density at radius 1 is 1.14 bits per heavy atom. The number of carbonyl (C=O) groups is 2. The first-order chi connectivity index (χ1) is 19.9. The van der Waals surface area contributed by atoms with Gasteiger partial charge in [0.2, 0.25) is 0 Å². The topological polar surface area (TPSA) is 192 Å². The Kier molecular flexibility index (Phi) is 16.5. The standard InChI is InChI=1S/C15H21N3O2.C7H6O3.C7H8O.Na.H2O3S/c1-4-16-14(19)20-10-5-6-12-11(9-10)15(2)7-8-17-13(15)18(12)3;8-6-4-2-1-3-5(6)7(9)10;8-6-7-4-2-1-3-5-7;;1-4(2)3/h5-6,9,13,17H,4,7-8H2,1-3H3,(H,16,19);1-4,8H,(H,9,10);1-5,8H,6H2;;(H2,1,2,3)/q;;;+1;/p-1. The van der Waals surface area contributed by atoms with Gasteiger partial charge < -0.3 is 39.4 Å². The number of benzene rings is 3. The van der Waals surface area contributed by atoms with Crippen LogP contribution < -0.4 is 49.8 Å². The fourth-order valence-electron chi connectivity index (χ4n) is 4.68. The second kappa shape index (κ2) is 18.6. The van der Waals surface area contributed by atoms with Crippen molar-refractivity contribution in [3.8, 4) is 11.5 Å². The predicted octanol–water partition coefficient (Wildman–Crippen LogP) is 0.434. The number of nitrogens with one attached hydrogen (secondary N) is 2. The van der Waals surface area contributed by atoms with E-state index in [0.29, 0.717) is 18.5 Å². The van der Waals surface area contributed by atoms with Crippen molar-refractivity contribution in [1.29, 1.82) is 0 Å². The van der Waals surface area contributed by atoms with Gasteiger partial charge >= 0.3 is 41.6 Å². The van der Waals surface area contributed by atoms with E-state index < -0.39 is 23.4 Å². The van der Waals surface area contributed by atoms with Crippen LogP contribution in [0, 0.1) is 0 Å². The third-order valence-corrected chi connectivity index (χ3v) is 6.63. The van der Waals surface area contributed by atoms with E-state index >= 15 is 0 Å². The molecular formula is C29H36N3NaO9S. The summed E-state index contributed by atoms with van der Waals surface area (Å²) in [6.45, 7) is 5.87. The molecule has 1 amide bonds. The van der Waals surface area contributed by atoms with Crippen molar-refractivity contribution in [2.45, 2.75) is 38.5 Å². The molecule has 6 N–H and O–H groups in total. The van der Waals surface area contributed by atoms with Crippen LogP contribution in [0.1, 0.15) is 41.8 Å². The Hall–Kier alpha value is -3.01. The minimum absolute atomic E-state index is 0. The van der Waals surface area contributed by atoms with Crippen molar-refractivity contribution in [3.63, 3.8) is 0 Å². The number of hydrogen-bond donors (Lipinski definition) is 6. The molecule has 3 atom stereocenters. The van der Waals surface area contributed by atoms with Gasteiger partial charge in [-0.25, -0.2) is 13.8 Å². The van der Waals surface area contributed by atoms with Crippen molar-refractivity contribution in [2.75, 3.05) is 25.0 Å². The molecule has 14 heteroatoms. The van der Waals surface area contributed by atoms with Crippen molar-refractivity contribution in [2.24, 2.45) is 0 Å². The fourth-order valence-corrected chi connectivity index (χ4v) is 4.68. The number of likely N-dealkylation sites (N-methyl/N-ethyl adjacent to an activating group) is 1. The second-order valence-corrected chi connectivity index (χ2v) is 9.85. The first-order valence-corrected chi connectivity index (χ1v) is 14.0. The maximum atomic E-state index is 11.5. The van der Waals surface area contributed by atoms with Crippen LogP contribution in [0.25, 0.3) is 0 Å². The van der Waals surface area contributed by atoms with Crippen molar-refractivity contribution < 1.29 is 72.5 Å². The fraction of sp³-hybridized carbons (Fsp3) is 0.310. The van der Waals surface area contributed by atoms with E-state index in [1.807, 2.05) is 55.5 Å². The number of anilines is 1. The van der Waals surface area contributed by atoms with Crippen molar-refractivity contribution >= 4 is 29.1 Å². The summed E-state index contributed by atoms with van der Waals surface area (Å²) in [7, 11) is 2.11. The van der Waals surface area contributed by atoms with E-state index in [-0.39, 0.29) is 52.9 Å². The number of carboxylic acid groups (broad SMARTS) is 1. The van der Waals surface area contributed by atoms with Crippen LogP contribution in [-0.2, 0) is 23.4 Å². The number of phenols is 1. The summed E-state index contributed by atoms with van der Waals surface area (Å²) in [5.41, 5.74) is 3.46. The molecule has 5 rings (SSSR count). The molecule has 3 unspecified atom stereocenters. The van der Waals surface area contributed by atoms with E-state index in [2.05, 4.69) is 29.5 Å². The van der Waals surface area contributed by atoms with Gasteiger partial charge in [-0.05, 0) is 61.3 Å². The molecule has 2 heterocycles. The summed E-state index contributed by atoms with van der Waals surface area (Å²) in [4.78, 5) is 24.1. The second-order valence-electron chi connectivity index (χ2n) is 9.42. The number of aromatic carboxylic acids is 1. The number of ether oxygens (including phenoxy) is 1. The SMILES string of the molecule is CCNC(=O)Oc1ccc2c(c1)C1(C)CCNC1N2C.O=C(O)c1ccccc1O.O=S([O-])O.OCc1ccccc1.[Na+]. The van der Waals surface area contributed by atoms with E-state index in [9.17, 15) is 9.59 Å². The van der Waals surface area contributed by atoms with Crippen LogP contribution in [0.4, 0.5) is 10.5 Å². The molecule has 0 radical (unpaired) electrons. The van der Waals surface area contributed by atoms with Gasteiger partial charge in [-0.3, -0.25) is 5.32 Å². The number of hydrogen-bond acceptors (Lipinski definition) is 9. The summed E-state index contributed by atoms with van der Waals surface area (Å²) in [6.07, 6.45) is 1.03. The molecule has 1 saturated heterocycles. The van der Waals surface area contributed by atoms with E-state index in [1.54, 1.807) is 12.1 Å². The van der Waals surface area contributed by atoms with Gasteiger partial charge in [-0.15, -0.1) is 0 Å². The van der Waals surface area contributed by atoms with Gasteiger partial charge in [0, 0.05) is 24.7 Å². The van der Waals surface area contributed by atoms with E-state index in [4.69, 9.17) is 33.4 Å². The van der Waals surface area contributed by atoms with E-state index in [0.717, 1.165) is 18.5 Å². The summed E-state index contributed by atoms with van der Waals surface area (Å²) >= 11 is -2.86. The molecule has 0 aromatic heterocycles. The van der Waals surface area contributed by atoms with Crippen molar-refractivity contribution in [1.82, 2.24) is 10.6 Å². The normalized spacial score (nSPS) is 17.9. The number of nitrogens with zero attached hydrogens (tertiary/aromatic N) is 1. The van der Waals surface area contributed by atoms with Crippen LogP contribution in [0.3, 0.4) is 0 Å². The Labute approximate surface area is 275 Å². The summed E-state index contributed by atoms with van der Waals surface area (Å²) < 4.78 is 29.4. The minimum Gasteiger partial charge on any atom is -0.750 e. The number of carbonyl (C=O) groups excluding carboxylic acids is 1. The molecule has 228 valence electrons. The number of aliphatic hydroxyl groups excluding tert-OH is 1. The number of rotatable bonds is 4. The third-order valence-electron chi connectivity index (χ3n) is 6.63. The molecule has 3 aromatic rings. The zero-order valence-corrected chi connectivity index (χ0v) is 27.3. The molecule has 1 fully saturated rings. The number of amides is 1. The van der Waals surface area contributed by atoms with Crippen LogP contribution in [0.2, 0.25) is 0 Å². The van der Waals surface area contributed by atoms with Gasteiger partial charge in [0.25, 0.3) is 0 Å². The summed E-state index contributed by atoms with van der Waals surface area (Å²) in [5.74, 6) is -0.704. The van der Waals surface area contributed by atoms with Crippen LogP contribution in [-0.4, -0.2) is 67.0 Å². The molecule has 2 aliphatic rings. The number of para-hydroxylation sites is 1. The average molecular weight is 626 g/mol. The molecule has 0 saturated carbocycles. The molecule has 0 aliphatic carbocycles. The number of carboxylic acids is 1. The van der Waals surface area contributed by atoms with Gasteiger partial charge in [0.15, 0.2) is 0 Å². The Balaban J connectivity index is 0.000000336. The molecule has 2 aliphatic heterocycles. The van der Waals surface area contributed by atoms with Crippen LogP contribution >= 0.6 is 0 Å². The monoisotopic (exact) mass is 625 g/mol. The molecular weight excluding hydrogens is 589 g/mol. The van der Waals surface area contributed by atoms with Crippen LogP contribution in [0.5, 0.6) is 11.5 Å². The summed E-state index contributed by atoms with van der Waals surface area (Å²) in [6, 6.07) is 21.2. The molecule has 43 heavy (non-hydrogen) atoms. The quantitative estimate of drug-likeness (QED) is 0.174. The average Bonchev–Trinajstić information content (AvgIpc) is 3.44. The maximum Gasteiger partial charge on any atom is 1.00 e. The van der Waals surface area contributed by atoms with Gasteiger partial charge in [0.1, 0.15) is 17.1 Å². The number of aromatic hydroxyl groups is 1. The first kappa shape index (κ1) is 38.0. The molecule has 3 aromatic carbocycles. The predicted molar refractivity (Wildman–Crippen MR) is 157 cm³/mol. The zero-order chi connectivity index (χ0) is 31.3. The largest absolute Gasteiger partial charge is 1.00 e. The Bertz CT molecular complexity index is 1350. The van der Waals surface area contributed by atoms with Crippen molar-refractivity contribution in [3.05, 3.63) is 89.5 Å². The Morgan fingerprint density at radius 2 is 1.74 bits per heavy atom. The van der Waals surface area contributed by atoms with Crippen LogP contribution in [0.15, 0.2) is 72.8 Å². The molecule has 0 spiro atoms. The third kappa shape index (κ3) is 11.2. The number of fused-ring (bicyclic) bond motifs is 3. The Morgan fingerprint density at radius 3 is 2.26 bits per heavy atom. The van der Waals surface area contributed by atoms with Gasteiger partial charge in [0.05, 0.1) is 24.1 Å². The molecule has 12 nitrogen and oxygen atoms in total. The maximum absolute atomic E-state index is 11.5. The smallest absolute Gasteiger partial charge is 0.750 e. The van der Waals surface area contributed by atoms with Gasteiger partial charge in [-0.2, -0.15) is 0 Å².